The maximum Gasteiger partial charge on any atom is 0.265 e. The van der Waals surface area contributed by atoms with Crippen LogP contribution in [0.1, 0.15) is 57.4 Å². The van der Waals surface area contributed by atoms with Gasteiger partial charge >= 0.3 is 0 Å². The second-order valence-electron chi connectivity index (χ2n) is 6.81. The molecule has 1 aromatic carbocycles. The van der Waals surface area contributed by atoms with E-state index in [4.69, 9.17) is 9.72 Å². The van der Waals surface area contributed by atoms with Gasteiger partial charge in [-0.2, -0.15) is 0 Å². The van der Waals surface area contributed by atoms with E-state index in [9.17, 15) is 4.79 Å². The van der Waals surface area contributed by atoms with Crippen molar-refractivity contribution in [1.82, 2.24) is 4.98 Å². The number of nitrogens with zero attached hydrogens (tertiary/aromatic N) is 2. The number of hydrogen-bond donors (Lipinski definition) is 0. The Hall–Kier alpha value is -1.88. The monoisotopic (exact) mass is 372 g/mol. The van der Waals surface area contributed by atoms with Crippen LogP contribution in [0.3, 0.4) is 0 Å². The van der Waals surface area contributed by atoms with Crippen LogP contribution in [0.5, 0.6) is 5.75 Å². The Balaban J connectivity index is 1.77. The number of fused-ring (bicyclic) bond motifs is 1. The predicted octanol–water partition coefficient (Wildman–Crippen LogP) is 5.46. The van der Waals surface area contributed by atoms with E-state index in [2.05, 4.69) is 25.3 Å². The maximum absolute atomic E-state index is 12.4. The maximum atomic E-state index is 12.4. The number of ether oxygens (including phenoxy) is 1. The lowest BCUT2D eigenvalue weighted by Crippen LogP contribution is -2.39. The van der Waals surface area contributed by atoms with Gasteiger partial charge in [-0.15, -0.1) is 11.3 Å². The number of aromatic nitrogens is 1. The molecule has 1 aliphatic rings. The number of unbranched alkanes of at least 4 members (excludes halogenated alkanes) is 4. The first-order valence-electron chi connectivity index (χ1n) is 9.75. The van der Waals surface area contributed by atoms with Crippen molar-refractivity contribution in [2.24, 2.45) is 0 Å². The number of rotatable bonds is 9. The number of benzene rings is 1. The number of aryl methyl sites for hydroxylation is 1. The second kappa shape index (κ2) is 9.17. The summed E-state index contributed by atoms with van der Waals surface area (Å²) in [5.41, 5.74) is 2.93. The van der Waals surface area contributed by atoms with Gasteiger partial charge in [-0.1, -0.05) is 39.5 Å². The summed E-state index contributed by atoms with van der Waals surface area (Å²) in [5.74, 6) is 0.848. The third-order valence-corrected chi connectivity index (χ3v) is 5.61. The summed E-state index contributed by atoms with van der Waals surface area (Å²) in [5, 5.41) is 3.27. The summed E-state index contributed by atoms with van der Waals surface area (Å²) in [6.45, 7) is 5.29. The molecular weight excluding hydrogens is 344 g/mol. The molecule has 1 aliphatic heterocycles. The fourth-order valence-electron chi connectivity index (χ4n) is 3.25. The molecule has 0 spiro atoms. The van der Waals surface area contributed by atoms with E-state index in [-0.39, 0.29) is 12.5 Å². The molecule has 0 radical (unpaired) electrons. The molecule has 2 aromatic rings. The average molecular weight is 373 g/mol. The van der Waals surface area contributed by atoms with Crippen molar-refractivity contribution >= 4 is 22.9 Å². The molecule has 0 N–H and O–H groups in total. The normalized spacial score (nSPS) is 13.6. The number of carbonyl (C=O) groups excluding carboxylic acids is 1. The summed E-state index contributed by atoms with van der Waals surface area (Å²) in [6.07, 6.45) is 8.05. The van der Waals surface area contributed by atoms with Gasteiger partial charge in [0, 0.05) is 17.5 Å². The van der Waals surface area contributed by atoms with Gasteiger partial charge in [-0.3, -0.25) is 4.79 Å². The Labute approximate surface area is 160 Å². The molecule has 0 unspecified atom stereocenters. The lowest BCUT2D eigenvalue weighted by Gasteiger charge is -2.29. The minimum absolute atomic E-state index is 0.0510. The van der Waals surface area contributed by atoms with Crippen LogP contribution >= 0.6 is 11.3 Å². The lowest BCUT2D eigenvalue weighted by molar-refractivity contribution is -0.121. The predicted molar refractivity (Wildman–Crippen MR) is 108 cm³/mol. The number of anilines is 1. The summed E-state index contributed by atoms with van der Waals surface area (Å²) >= 11 is 1.71. The molecule has 0 fully saturated rings. The second-order valence-corrected chi connectivity index (χ2v) is 7.75. The van der Waals surface area contributed by atoms with E-state index in [0.29, 0.717) is 0 Å². The molecule has 0 atom stereocenters. The van der Waals surface area contributed by atoms with Crippen molar-refractivity contribution in [2.75, 3.05) is 18.1 Å². The third-order valence-electron chi connectivity index (χ3n) is 4.70. The molecule has 0 saturated heterocycles. The van der Waals surface area contributed by atoms with Crippen LogP contribution in [0.4, 0.5) is 5.69 Å². The smallest absolute Gasteiger partial charge is 0.265 e. The molecule has 1 amide bonds. The number of hydrogen-bond acceptors (Lipinski definition) is 4. The SMILES string of the molecule is CCCCCCCN1C(=O)COc2ccc(-c3csc(CCC)n3)cc21. The van der Waals surface area contributed by atoms with Crippen LogP contribution < -0.4 is 9.64 Å². The highest BCUT2D eigenvalue weighted by atomic mass is 32.1. The molecule has 4 nitrogen and oxygen atoms in total. The van der Waals surface area contributed by atoms with E-state index in [1.807, 2.05) is 17.0 Å². The van der Waals surface area contributed by atoms with Crippen LogP contribution in [0, 0.1) is 0 Å². The topological polar surface area (TPSA) is 42.4 Å². The van der Waals surface area contributed by atoms with E-state index >= 15 is 0 Å². The van der Waals surface area contributed by atoms with Crippen molar-refractivity contribution in [1.29, 1.82) is 0 Å². The first-order chi connectivity index (χ1) is 12.7. The highest BCUT2D eigenvalue weighted by molar-refractivity contribution is 7.09. The molecule has 3 rings (SSSR count). The Bertz CT molecular complexity index is 741. The Morgan fingerprint density at radius 2 is 2.00 bits per heavy atom. The quantitative estimate of drug-likeness (QED) is 0.549. The van der Waals surface area contributed by atoms with E-state index < -0.39 is 0 Å². The third kappa shape index (κ3) is 4.44. The van der Waals surface area contributed by atoms with Gasteiger partial charge < -0.3 is 9.64 Å². The van der Waals surface area contributed by atoms with Gasteiger partial charge in [0.05, 0.1) is 16.4 Å². The first-order valence-corrected chi connectivity index (χ1v) is 10.6. The fourth-order valence-corrected chi connectivity index (χ4v) is 4.16. The fraction of sp³-hybridized carbons (Fsp3) is 0.524. The highest BCUT2D eigenvalue weighted by Gasteiger charge is 2.25. The zero-order chi connectivity index (χ0) is 18.4. The molecule has 0 aliphatic carbocycles. The number of thiazole rings is 1. The van der Waals surface area contributed by atoms with Gasteiger partial charge in [0.25, 0.3) is 5.91 Å². The molecule has 0 saturated carbocycles. The molecule has 2 heterocycles. The van der Waals surface area contributed by atoms with Gasteiger partial charge in [0.1, 0.15) is 5.75 Å². The zero-order valence-corrected chi connectivity index (χ0v) is 16.6. The van der Waals surface area contributed by atoms with Crippen LogP contribution in [0.2, 0.25) is 0 Å². The Morgan fingerprint density at radius 3 is 2.81 bits per heavy atom. The molecular formula is C21H28N2O2S. The van der Waals surface area contributed by atoms with Crippen LogP contribution in [0.15, 0.2) is 23.6 Å². The molecule has 26 heavy (non-hydrogen) atoms. The van der Waals surface area contributed by atoms with Gasteiger partial charge in [-0.25, -0.2) is 4.98 Å². The lowest BCUT2D eigenvalue weighted by atomic mass is 10.1. The number of carbonyl (C=O) groups is 1. The van der Waals surface area contributed by atoms with Crippen molar-refractivity contribution in [3.63, 3.8) is 0 Å². The van der Waals surface area contributed by atoms with Crippen molar-refractivity contribution < 1.29 is 9.53 Å². The first kappa shape index (κ1) is 18.9. The van der Waals surface area contributed by atoms with Gasteiger partial charge in [0.15, 0.2) is 6.61 Å². The number of amides is 1. The molecule has 140 valence electrons. The van der Waals surface area contributed by atoms with E-state index in [0.717, 1.165) is 48.5 Å². The van der Waals surface area contributed by atoms with Crippen molar-refractivity contribution in [3.8, 4) is 17.0 Å². The minimum Gasteiger partial charge on any atom is -0.482 e. The van der Waals surface area contributed by atoms with Crippen LogP contribution in [-0.4, -0.2) is 24.0 Å². The van der Waals surface area contributed by atoms with Crippen LogP contribution in [-0.2, 0) is 11.2 Å². The molecule has 5 heteroatoms. The largest absolute Gasteiger partial charge is 0.482 e. The molecule has 0 bridgehead atoms. The van der Waals surface area contributed by atoms with E-state index in [1.54, 1.807) is 11.3 Å². The highest BCUT2D eigenvalue weighted by Crippen LogP contribution is 2.36. The van der Waals surface area contributed by atoms with Gasteiger partial charge in [0.2, 0.25) is 0 Å². The average Bonchev–Trinajstić information content (AvgIpc) is 3.12. The summed E-state index contributed by atoms with van der Waals surface area (Å²) < 4.78 is 5.64. The molecule has 1 aromatic heterocycles. The van der Waals surface area contributed by atoms with Crippen molar-refractivity contribution in [2.45, 2.75) is 58.8 Å². The van der Waals surface area contributed by atoms with Crippen LogP contribution in [0.25, 0.3) is 11.3 Å². The minimum atomic E-state index is 0.0510. The summed E-state index contributed by atoms with van der Waals surface area (Å²) in [7, 11) is 0. The standard InChI is InChI=1S/C21H28N2O2S/c1-3-5-6-7-8-12-23-18-13-16(10-11-19(18)25-14-21(23)24)17-15-26-20(22-17)9-4-2/h10-11,13,15H,3-9,12,14H2,1-2H3. The Morgan fingerprint density at radius 1 is 1.15 bits per heavy atom. The summed E-state index contributed by atoms with van der Waals surface area (Å²) in [6, 6.07) is 6.07. The van der Waals surface area contributed by atoms with Crippen molar-refractivity contribution in [3.05, 3.63) is 28.6 Å². The summed E-state index contributed by atoms with van der Waals surface area (Å²) in [4.78, 5) is 19.0. The zero-order valence-electron chi connectivity index (χ0n) is 15.8. The van der Waals surface area contributed by atoms with Gasteiger partial charge in [-0.05, 0) is 37.5 Å². The Kier molecular flexibility index (Phi) is 6.67. The van der Waals surface area contributed by atoms with E-state index in [1.165, 1.54) is 30.7 Å².